The maximum Gasteiger partial charge on any atom is 0.237 e. The van der Waals surface area contributed by atoms with Crippen molar-refractivity contribution in [3.05, 3.63) is 34.9 Å². The molecule has 0 aliphatic carbocycles. The Hall–Kier alpha value is -1.14. The van der Waals surface area contributed by atoms with Gasteiger partial charge in [-0.3, -0.25) is 9.69 Å². The minimum absolute atomic E-state index is 0.0885. The molecule has 1 aromatic carbocycles. The van der Waals surface area contributed by atoms with E-state index >= 15 is 0 Å². The molecule has 1 aromatic rings. The first-order chi connectivity index (χ1) is 13.1. The zero-order valence-corrected chi connectivity index (χ0v) is 17.3. The second-order valence-electron chi connectivity index (χ2n) is 7.74. The average molecular weight is 393 g/mol. The van der Waals surface area contributed by atoms with E-state index in [1.807, 2.05) is 25.1 Å². The maximum absolute atomic E-state index is 12.6. The van der Waals surface area contributed by atoms with Gasteiger partial charge in [0.05, 0.1) is 6.04 Å². The molecule has 0 radical (unpaired) electrons. The third-order valence-electron chi connectivity index (χ3n) is 5.89. The molecule has 0 aromatic heterocycles. The van der Waals surface area contributed by atoms with Crippen molar-refractivity contribution in [2.45, 2.75) is 57.8 Å². The fourth-order valence-corrected chi connectivity index (χ4v) is 4.55. The van der Waals surface area contributed by atoms with Crippen LogP contribution in [0.1, 0.15) is 38.7 Å². The Balaban J connectivity index is 1.62. The van der Waals surface area contributed by atoms with Crippen LogP contribution < -0.4 is 10.6 Å². The molecule has 2 fully saturated rings. The molecule has 3 rings (SSSR count). The minimum atomic E-state index is -0.0885. The van der Waals surface area contributed by atoms with Gasteiger partial charge in [0.25, 0.3) is 0 Å². The molecular formula is C21H33ClN4O. The lowest BCUT2D eigenvalue weighted by Crippen LogP contribution is -2.46. The number of nitrogens with zero attached hydrogens (tertiary/aromatic N) is 2. The molecule has 5 nitrogen and oxygen atoms in total. The molecule has 2 aliphatic heterocycles. The van der Waals surface area contributed by atoms with Gasteiger partial charge in [0, 0.05) is 36.7 Å². The number of carbonyl (C=O) groups is 1. The Morgan fingerprint density at radius 3 is 2.59 bits per heavy atom. The van der Waals surface area contributed by atoms with E-state index < -0.39 is 0 Å². The molecule has 2 aliphatic rings. The first kappa shape index (κ1) is 20.6. The molecule has 2 heterocycles. The Kier molecular flexibility index (Phi) is 7.53. The van der Waals surface area contributed by atoms with Crippen molar-refractivity contribution in [3.8, 4) is 0 Å². The number of hydrogen-bond donors (Lipinski definition) is 2. The van der Waals surface area contributed by atoms with Gasteiger partial charge >= 0.3 is 0 Å². The van der Waals surface area contributed by atoms with Crippen LogP contribution in [0.15, 0.2) is 24.3 Å². The third-order valence-corrected chi connectivity index (χ3v) is 6.26. The van der Waals surface area contributed by atoms with Crippen molar-refractivity contribution < 1.29 is 4.79 Å². The smallest absolute Gasteiger partial charge is 0.237 e. The van der Waals surface area contributed by atoms with Gasteiger partial charge in [0.2, 0.25) is 5.91 Å². The van der Waals surface area contributed by atoms with Crippen LogP contribution in [-0.4, -0.2) is 66.6 Å². The summed E-state index contributed by atoms with van der Waals surface area (Å²) in [7, 11) is 0. The van der Waals surface area contributed by atoms with Crippen molar-refractivity contribution in [1.82, 2.24) is 20.4 Å². The first-order valence-corrected chi connectivity index (χ1v) is 10.7. The summed E-state index contributed by atoms with van der Waals surface area (Å²) in [4.78, 5) is 17.4. The predicted molar refractivity (Wildman–Crippen MR) is 111 cm³/mol. The van der Waals surface area contributed by atoms with Crippen LogP contribution in [0.25, 0.3) is 0 Å². The lowest BCUT2D eigenvalue weighted by molar-refractivity contribution is -0.125. The van der Waals surface area contributed by atoms with E-state index in [1.165, 1.54) is 25.9 Å². The van der Waals surface area contributed by atoms with Gasteiger partial charge in [-0.2, -0.15) is 0 Å². The van der Waals surface area contributed by atoms with E-state index in [9.17, 15) is 4.79 Å². The fourth-order valence-electron chi connectivity index (χ4n) is 4.36. The quantitative estimate of drug-likeness (QED) is 0.748. The van der Waals surface area contributed by atoms with E-state index in [4.69, 9.17) is 11.6 Å². The number of amides is 1. The molecule has 1 amide bonds. The lowest BCUT2D eigenvalue weighted by atomic mass is 10.0. The Labute approximate surface area is 168 Å². The van der Waals surface area contributed by atoms with Crippen molar-refractivity contribution in [3.63, 3.8) is 0 Å². The summed E-state index contributed by atoms with van der Waals surface area (Å²) in [6, 6.07) is 8.77. The minimum Gasteiger partial charge on any atom is -0.355 e. The molecule has 6 heteroatoms. The summed E-state index contributed by atoms with van der Waals surface area (Å²) >= 11 is 6.36. The molecule has 0 unspecified atom stereocenters. The van der Waals surface area contributed by atoms with Crippen LogP contribution in [0.5, 0.6) is 0 Å². The van der Waals surface area contributed by atoms with Crippen LogP contribution in [0.2, 0.25) is 5.02 Å². The van der Waals surface area contributed by atoms with Crippen LogP contribution >= 0.6 is 11.6 Å². The SMILES string of the molecule is CCNC(=O)[C@@H]1C[C@H](NC2CCN(CC)CC2)CN1Cc1ccccc1Cl. The number of likely N-dealkylation sites (tertiary alicyclic amines) is 2. The van der Waals surface area contributed by atoms with Gasteiger partial charge in [0.15, 0.2) is 0 Å². The highest BCUT2D eigenvalue weighted by atomic mass is 35.5. The monoisotopic (exact) mass is 392 g/mol. The third kappa shape index (κ3) is 5.44. The second-order valence-corrected chi connectivity index (χ2v) is 8.15. The number of rotatable bonds is 7. The summed E-state index contributed by atoms with van der Waals surface area (Å²) in [6.07, 6.45) is 3.26. The van der Waals surface area contributed by atoms with Crippen LogP contribution in [0.4, 0.5) is 0 Å². The van der Waals surface area contributed by atoms with Crippen molar-refractivity contribution in [2.24, 2.45) is 0 Å². The summed E-state index contributed by atoms with van der Waals surface area (Å²) in [6.45, 7) is 9.96. The number of piperidine rings is 1. The van der Waals surface area contributed by atoms with Crippen LogP contribution in [0.3, 0.4) is 0 Å². The summed E-state index contributed by atoms with van der Waals surface area (Å²) in [5.74, 6) is 0.134. The normalized spacial score (nSPS) is 25.0. The van der Waals surface area contributed by atoms with E-state index in [-0.39, 0.29) is 11.9 Å². The number of likely N-dealkylation sites (N-methyl/N-ethyl adjacent to an activating group) is 1. The summed E-state index contributed by atoms with van der Waals surface area (Å²) in [5.41, 5.74) is 1.09. The standard InChI is InChI=1S/C21H33ClN4O/c1-3-23-21(27)20-13-18(24-17-9-11-25(4-2)12-10-17)15-26(20)14-16-7-5-6-8-19(16)22/h5-8,17-18,20,24H,3-4,9-15H2,1-2H3,(H,23,27)/t18-,20-/m0/s1. The molecular weight excluding hydrogens is 360 g/mol. The zero-order valence-electron chi connectivity index (χ0n) is 16.6. The second kappa shape index (κ2) is 9.87. The molecule has 150 valence electrons. The molecule has 2 atom stereocenters. The van der Waals surface area contributed by atoms with Gasteiger partial charge in [0.1, 0.15) is 0 Å². The topological polar surface area (TPSA) is 47.6 Å². The lowest BCUT2D eigenvalue weighted by Gasteiger charge is -2.33. The molecule has 27 heavy (non-hydrogen) atoms. The van der Waals surface area contributed by atoms with Gasteiger partial charge in [-0.25, -0.2) is 0 Å². The Bertz CT molecular complexity index is 618. The Morgan fingerprint density at radius 2 is 1.93 bits per heavy atom. The highest BCUT2D eigenvalue weighted by Crippen LogP contribution is 2.25. The van der Waals surface area contributed by atoms with E-state index in [2.05, 4.69) is 33.4 Å². The number of carbonyl (C=O) groups excluding carboxylic acids is 1. The number of nitrogens with one attached hydrogen (secondary N) is 2. The predicted octanol–water partition coefficient (Wildman–Crippen LogP) is 2.49. The van der Waals surface area contributed by atoms with E-state index in [1.54, 1.807) is 0 Å². The van der Waals surface area contributed by atoms with Gasteiger partial charge in [-0.15, -0.1) is 0 Å². The summed E-state index contributed by atoms with van der Waals surface area (Å²) in [5, 5.41) is 7.62. The molecule has 2 N–H and O–H groups in total. The fraction of sp³-hybridized carbons (Fsp3) is 0.667. The van der Waals surface area contributed by atoms with Crippen molar-refractivity contribution in [2.75, 3.05) is 32.7 Å². The van der Waals surface area contributed by atoms with E-state index in [0.29, 0.717) is 25.2 Å². The first-order valence-electron chi connectivity index (χ1n) is 10.3. The molecule has 0 saturated carbocycles. The van der Waals surface area contributed by atoms with Gasteiger partial charge < -0.3 is 15.5 Å². The molecule has 0 spiro atoms. The maximum atomic E-state index is 12.6. The van der Waals surface area contributed by atoms with Crippen molar-refractivity contribution >= 4 is 17.5 Å². The van der Waals surface area contributed by atoms with Gasteiger partial charge in [-0.1, -0.05) is 36.7 Å². The largest absolute Gasteiger partial charge is 0.355 e. The zero-order chi connectivity index (χ0) is 19.2. The molecule has 0 bridgehead atoms. The van der Waals surface area contributed by atoms with E-state index in [0.717, 1.165) is 30.1 Å². The Morgan fingerprint density at radius 1 is 1.19 bits per heavy atom. The van der Waals surface area contributed by atoms with Crippen LogP contribution in [0, 0.1) is 0 Å². The van der Waals surface area contributed by atoms with Gasteiger partial charge in [-0.05, 0) is 57.5 Å². The number of benzene rings is 1. The highest BCUT2D eigenvalue weighted by Gasteiger charge is 2.37. The highest BCUT2D eigenvalue weighted by molar-refractivity contribution is 6.31. The van der Waals surface area contributed by atoms with Crippen LogP contribution in [-0.2, 0) is 11.3 Å². The van der Waals surface area contributed by atoms with Crippen molar-refractivity contribution in [1.29, 1.82) is 0 Å². The molecule has 2 saturated heterocycles. The summed E-state index contributed by atoms with van der Waals surface area (Å²) < 4.78 is 0. The average Bonchev–Trinajstić information content (AvgIpc) is 3.07. The number of halogens is 1. The number of hydrogen-bond acceptors (Lipinski definition) is 4.